The first-order chi connectivity index (χ1) is 7.00. The summed E-state index contributed by atoms with van der Waals surface area (Å²) in [7, 11) is 0. The number of Topliss-reactive ketones (excluding diaryl/α,β-unsaturated/α-hetero) is 1. The molecule has 0 spiro atoms. The maximum atomic E-state index is 11.5. The molecule has 1 heteroatoms. The maximum Gasteiger partial charge on any atom is 0.132 e. The van der Waals surface area contributed by atoms with Crippen LogP contribution in [0, 0.1) is 23.2 Å². The molecule has 2 aliphatic rings. The molecule has 0 bridgehead atoms. The Morgan fingerprint density at radius 1 is 1.20 bits per heavy atom. The number of fused-ring (bicyclic) bond motifs is 1. The Bertz CT molecular complexity index is 254. The van der Waals surface area contributed by atoms with E-state index in [4.69, 9.17) is 0 Å². The SMILES string of the molecule is CC(=O)[C@H]1CC[C@@H]2CCCC(C)(C)[C@@H]2C1. The number of carbonyl (C=O) groups excluding carboxylic acids is 1. The van der Waals surface area contributed by atoms with E-state index in [1.165, 1.54) is 32.1 Å². The molecule has 2 rings (SSSR count). The Balaban J connectivity index is 2.10. The summed E-state index contributed by atoms with van der Waals surface area (Å²) in [5.41, 5.74) is 0.483. The standard InChI is InChI=1S/C14H24O/c1-10(15)12-7-6-11-5-4-8-14(2,3)13(11)9-12/h11-13H,4-9H2,1-3H3/t11-,12-,13+/m0/s1. The van der Waals surface area contributed by atoms with Gasteiger partial charge in [-0.1, -0.05) is 26.7 Å². The molecule has 2 aliphatic carbocycles. The molecule has 0 heterocycles. The van der Waals surface area contributed by atoms with Crippen molar-refractivity contribution in [2.75, 3.05) is 0 Å². The summed E-state index contributed by atoms with van der Waals surface area (Å²) in [6, 6.07) is 0. The lowest BCUT2D eigenvalue weighted by Crippen LogP contribution is -2.40. The topological polar surface area (TPSA) is 17.1 Å². The van der Waals surface area contributed by atoms with E-state index in [0.717, 1.165) is 18.3 Å². The molecule has 0 aliphatic heterocycles. The number of ketones is 1. The van der Waals surface area contributed by atoms with Gasteiger partial charge in [0.1, 0.15) is 5.78 Å². The zero-order chi connectivity index (χ0) is 11.1. The summed E-state index contributed by atoms with van der Waals surface area (Å²) < 4.78 is 0. The lowest BCUT2D eigenvalue weighted by atomic mass is 9.57. The van der Waals surface area contributed by atoms with Crippen molar-refractivity contribution in [1.29, 1.82) is 0 Å². The summed E-state index contributed by atoms with van der Waals surface area (Å²) in [5.74, 6) is 2.54. The van der Waals surface area contributed by atoms with Gasteiger partial charge in [-0.15, -0.1) is 0 Å². The van der Waals surface area contributed by atoms with Gasteiger partial charge >= 0.3 is 0 Å². The molecule has 0 saturated heterocycles. The molecule has 0 radical (unpaired) electrons. The van der Waals surface area contributed by atoms with Crippen molar-refractivity contribution in [3.63, 3.8) is 0 Å². The van der Waals surface area contributed by atoms with Crippen LogP contribution in [-0.4, -0.2) is 5.78 Å². The highest BCUT2D eigenvalue weighted by Crippen LogP contribution is 2.51. The molecule has 0 amide bonds. The number of hydrogen-bond donors (Lipinski definition) is 0. The van der Waals surface area contributed by atoms with Gasteiger partial charge in [0.2, 0.25) is 0 Å². The highest BCUT2D eigenvalue weighted by molar-refractivity contribution is 5.78. The van der Waals surface area contributed by atoms with Gasteiger partial charge in [0.25, 0.3) is 0 Å². The van der Waals surface area contributed by atoms with Crippen molar-refractivity contribution in [3.05, 3.63) is 0 Å². The van der Waals surface area contributed by atoms with E-state index >= 15 is 0 Å². The average Bonchev–Trinajstić information content (AvgIpc) is 2.17. The third kappa shape index (κ3) is 2.11. The van der Waals surface area contributed by atoms with E-state index in [0.29, 0.717) is 17.1 Å². The van der Waals surface area contributed by atoms with Crippen LogP contribution in [0.4, 0.5) is 0 Å². The summed E-state index contributed by atoms with van der Waals surface area (Å²) >= 11 is 0. The fraction of sp³-hybridized carbons (Fsp3) is 0.929. The number of rotatable bonds is 1. The minimum atomic E-state index is 0.378. The molecule has 0 aromatic heterocycles. The lowest BCUT2D eigenvalue weighted by Gasteiger charge is -2.48. The molecular weight excluding hydrogens is 184 g/mol. The smallest absolute Gasteiger partial charge is 0.132 e. The Hall–Kier alpha value is -0.330. The fourth-order valence-corrected chi connectivity index (χ4v) is 3.91. The van der Waals surface area contributed by atoms with Crippen LogP contribution in [0.25, 0.3) is 0 Å². The normalized spacial score (nSPS) is 39.5. The quantitative estimate of drug-likeness (QED) is 0.640. The summed E-state index contributed by atoms with van der Waals surface area (Å²) in [6.07, 6.45) is 7.81. The van der Waals surface area contributed by atoms with E-state index in [9.17, 15) is 4.79 Å². The molecule has 0 aromatic carbocycles. The van der Waals surface area contributed by atoms with Gasteiger partial charge in [-0.25, -0.2) is 0 Å². The van der Waals surface area contributed by atoms with Crippen LogP contribution >= 0.6 is 0 Å². The van der Waals surface area contributed by atoms with Gasteiger partial charge in [-0.05, 0) is 49.9 Å². The first-order valence-corrected chi connectivity index (χ1v) is 6.51. The van der Waals surface area contributed by atoms with E-state index in [2.05, 4.69) is 13.8 Å². The second kappa shape index (κ2) is 3.92. The predicted octanol–water partition coefficient (Wildman–Crippen LogP) is 3.82. The van der Waals surface area contributed by atoms with Gasteiger partial charge in [0, 0.05) is 5.92 Å². The molecule has 0 unspecified atom stereocenters. The first kappa shape index (κ1) is 11.2. The van der Waals surface area contributed by atoms with Crippen molar-refractivity contribution < 1.29 is 4.79 Å². The van der Waals surface area contributed by atoms with Gasteiger partial charge in [-0.3, -0.25) is 4.79 Å². The minimum Gasteiger partial charge on any atom is -0.300 e. The van der Waals surface area contributed by atoms with Gasteiger partial charge in [0.15, 0.2) is 0 Å². The average molecular weight is 208 g/mol. The molecule has 0 aromatic rings. The number of carbonyl (C=O) groups is 1. The predicted molar refractivity (Wildman–Crippen MR) is 62.6 cm³/mol. The molecule has 15 heavy (non-hydrogen) atoms. The third-order valence-corrected chi connectivity index (χ3v) is 4.97. The molecule has 86 valence electrons. The first-order valence-electron chi connectivity index (χ1n) is 6.51. The Kier molecular flexibility index (Phi) is 2.92. The van der Waals surface area contributed by atoms with Gasteiger partial charge in [0.05, 0.1) is 0 Å². The van der Waals surface area contributed by atoms with Crippen LogP contribution in [0.3, 0.4) is 0 Å². The molecule has 2 saturated carbocycles. The van der Waals surface area contributed by atoms with Gasteiger partial charge in [-0.2, -0.15) is 0 Å². The van der Waals surface area contributed by atoms with Crippen LogP contribution in [0.5, 0.6) is 0 Å². The van der Waals surface area contributed by atoms with E-state index in [1.807, 2.05) is 0 Å². The molecule has 3 atom stereocenters. The van der Waals surface area contributed by atoms with Crippen LogP contribution < -0.4 is 0 Å². The van der Waals surface area contributed by atoms with Crippen LogP contribution in [-0.2, 0) is 4.79 Å². The molecular formula is C14H24O. The Morgan fingerprint density at radius 3 is 2.60 bits per heavy atom. The largest absolute Gasteiger partial charge is 0.300 e. The van der Waals surface area contributed by atoms with E-state index in [-0.39, 0.29) is 0 Å². The summed E-state index contributed by atoms with van der Waals surface area (Å²) in [6.45, 7) is 6.60. The Morgan fingerprint density at radius 2 is 1.93 bits per heavy atom. The Labute approximate surface area is 93.6 Å². The zero-order valence-electron chi connectivity index (χ0n) is 10.4. The van der Waals surface area contributed by atoms with Crippen LogP contribution in [0.1, 0.15) is 59.3 Å². The van der Waals surface area contributed by atoms with Crippen LogP contribution in [0.15, 0.2) is 0 Å². The summed E-state index contributed by atoms with van der Waals surface area (Å²) in [4.78, 5) is 11.5. The van der Waals surface area contributed by atoms with Gasteiger partial charge < -0.3 is 0 Å². The second-order valence-corrected chi connectivity index (χ2v) is 6.37. The highest BCUT2D eigenvalue weighted by Gasteiger charge is 2.42. The van der Waals surface area contributed by atoms with E-state index < -0.39 is 0 Å². The van der Waals surface area contributed by atoms with Crippen molar-refractivity contribution in [3.8, 4) is 0 Å². The number of hydrogen-bond acceptors (Lipinski definition) is 1. The monoisotopic (exact) mass is 208 g/mol. The highest BCUT2D eigenvalue weighted by atomic mass is 16.1. The molecule has 2 fully saturated rings. The summed E-state index contributed by atoms with van der Waals surface area (Å²) in [5, 5.41) is 0. The van der Waals surface area contributed by atoms with E-state index in [1.54, 1.807) is 6.92 Å². The molecule has 0 N–H and O–H groups in total. The van der Waals surface area contributed by atoms with Crippen LogP contribution in [0.2, 0.25) is 0 Å². The second-order valence-electron chi connectivity index (χ2n) is 6.37. The van der Waals surface area contributed by atoms with Crippen molar-refractivity contribution in [2.45, 2.75) is 59.3 Å². The zero-order valence-corrected chi connectivity index (χ0v) is 10.4. The van der Waals surface area contributed by atoms with Crippen molar-refractivity contribution >= 4 is 5.78 Å². The maximum absolute atomic E-state index is 11.5. The fourth-order valence-electron chi connectivity index (χ4n) is 3.91. The van der Waals surface area contributed by atoms with Crippen molar-refractivity contribution in [2.24, 2.45) is 23.2 Å². The minimum absolute atomic E-state index is 0.378. The molecule has 1 nitrogen and oxygen atoms in total. The lowest BCUT2D eigenvalue weighted by molar-refractivity contribution is -0.124. The third-order valence-electron chi connectivity index (χ3n) is 4.97. The van der Waals surface area contributed by atoms with Crippen molar-refractivity contribution in [1.82, 2.24) is 0 Å².